The van der Waals surface area contributed by atoms with Gasteiger partial charge in [0.05, 0.1) is 0 Å². The Labute approximate surface area is 120 Å². The minimum Gasteiger partial charge on any atom is -0.317 e. The Bertz CT molecular complexity index is 220. The van der Waals surface area contributed by atoms with Crippen LogP contribution in [0.15, 0.2) is 0 Å². The lowest BCUT2D eigenvalue weighted by Crippen LogP contribution is -2.44. The normalized spacial score (nSPS) is 24.3. The fourth-order valence-corrected chi connectivity index (χ4v) is 3.20. The molecular formula is C16H35N3. The summed E-state index contributed by atoms with van der Waals surface area (Å²) in [6.45, 7) is 13.1. The Morgan fingerprint density at radius 3 is 2.68 bits per heavy atom. The zero-order valence-electron chi connectivity index (χ0n) is 13.6. The standard InChI is InChI=1S/C16H35N3/c1-5-10-17-11-7-9-15(3)19-13-8-12-18(4)14-16(19)6-2/h15-17H,5-14H2,1-4H3. The molecule has 0 spiro atoms. The van der Waals surface area contributed by atoms with Crippen LogP contribution in [0.25, 0.3) is 0 Å². The summed E-state index contributed by atoms with van der Waals surface area (Å²) in [5, 5.41) is 3.51. The molecular weight excluding hydrogens is 234 g/mol. The lowest BCUT2D eigenvalue weighted by molar-refractivity contribution is 0.129. The molecule has 0 bridgehead atoms. The average Bonchev–Trinajstić information content (AvgIpc) is 2.59. The van der Waals surface area contributed by atoms with Gasteiger partial charge in [-0.3, -0.25) is 4.90 Å². The van der Waals surface area contributed by atoms with Crippen molar-refractivity contribution < 1.29 is 0 Å². The van der Waals surface area contributed by atoms with Crippen LogP contribution in [-0.4, -0.2) is 61.7 Å². The maximum absolute atomic E-state index is 3.51. The van der Waals surface area contributed by atoms with Gasteiger partial charge in [0.1, 0.15) is 0 Å². The molecule has 0 aliphatic carbocycles. The van der Waals surface area contributed by atoms with Crippen molar-refractivity contribution in [2.75, 3.05) is 39.8 Å². The van der Waals surface area contributed by atoms with Crippen LogP contribution >= 0.6 is 0 Å². The molecule has 1 rings (SSSR count). The van der Waals surface area contributed by atoms with Gasteiger partial charge in [-0.25, -0.2) is 0 Å². The Morgan fingerprint density at radius 1 is 1.21 bits per heavy atom. The summed E-state index contributed by atoms with van der Waals surface area (Å²) < 4.78 is 0. The van der Waals surface area contributed by atoms with E-state index in [1.54, 1.807) is 0 Å². The van der Waals surface area contributed by atoms with Gasteiger partial charge in [0.15, 0.2) is 0 Å². The highest BCUT2D eigenvalue weighted by molar-refractivity contribution is 4.81. The third-order valence-electron chi connectivity index (χ3n) is 4.39. The quantitative estimate of drug-likeness (QED) is 0.683. The molecule has 1 aliphatic rings. The molecule has 1 aliphatic heterocycles. The van der Waals surface area contributed by atoms with E-state index >= 15 is 0 Å². The fraction of sp³-hybridized carbons (Fsp3) is 1.00. The van der Waals surface area contributed by atoms with Crippen LogP contribution in [0.4, 0.5) is 0 Å². The first-order valence-corrected chi connectivity index (χ1v) is 8.34. The van der Waals surface area contributed by atoms with Crippen LogP contribution in [0, 0.1) is 0 Å². The van der Waals surface area contributed by atoms with Gasteiger partial charge < -0.3 is 10.2 Å². The zero-order valence-corrected chi connectivity index (χ0v) is 13.6. The molecule has 3 nitrogen and oxygen atoms in total. The topological polar surface area (TPSA) is 18.5 Å². The zero-order chi connectivity index (χ0) is 14.1. The van der Waals surface area contributed by atoms with E-state index in [9.17, 15) is 0 Å². The molecule has 1 heterocycles. The van der Waals surface area contributed by atoms with Crippen LogP contribution in [0.3, 0.4) is 0 Å². The van der Waals surface area contributed by atoms with Crippen LogP contribution in [0.2, 0.25) is 0 Å². The van der Waals surface area contributed by atoms with Gasteiger partial charge in [-0.1, -0.05) is 13.8 Å². The van der Waals surface area contributed by atoms with Gasteiger partial charge >= 0.3 is 0 Å². The first kappa shape index (κ1) is 16.9. The van der Waals surface area contributed by atoms with E-state index in [0.717, 1.165) is 12.1 Å². The van der Waals surface area contributed by atoms with Crippen molar-refractivity contribution >= 4 is 0 Å². The highest BCUT2D eigenvalue weighted by Gasteiger charge is 2.25. The maximum atomic E-state index is 3.51. The summed E-state index contributed by atoms with van der Waals surface area (Å²) in [6, 6.07) is 1.49. The summed E-state index contributed by atoms with van der Waals surface area (Å²) in [5.74, 6) is 0. The van der Waals surface area contributed by atoms with E-state index in [1.165, 1.54) is 64.8 Å². The molecule has 0 aromatic heterocycles. The van der Waals surface area contributed by atoms with Crippen LogP contribution < -0.4 is 5.32 Å². The minimum absolute atomic E-state index is 0.736. The minimum atomic E-state index is 0.736. The van der Waals surface area contributed by atoms with Gasteiger partial charge in [0.2, 0.25) is 0 Å². The molecule has 1 saturated heterocycles. The maximum Gasteiger partial charge on any atom is 0.0223 e. The van der Waals surface area contributed by atoms with E-state index in [4.69, 9.17) is 0 Å². The van der Waals surface area contributed by atoms with Crippen LogP contribution in [0.1, 0.15) is 52.9 Å². The molecule has 0 saturated carbocycles. The molecule has 2 atom stereocenters. The third kappa shape index (κ3) is 6.24. The molecule has 2 unspecified atom stereocenters. The van der Waals surface area contributed by atoms with Crippen molar-refractivity contribution in [2.24, 2.45) is 0 Å². The Kier molecular flexibility index (Phi) is 8.67. The Hall–Kier alpha value is -0.120. The van der Waals surface area contributed by atoms with Crippen molar-refractivity contribution in [1.29, 1.82) is 0 Å². The van der Waals surface area contributed by atoms with E-state index in [0.29, 0.717) is 0 Å². The fourth-order valence-electron chi connectivity index (χ4n) is 3.20. The second-order valence-electron chi connectivity index (χ2n) is 6.16. The Morgan fingerprint density at radius 2 is 2.00 bits per heavy atom. The molecule has 0 radical (unpaired) electrons. The van der Waals surface area contributed by atoms with Crippen molar-refractivity contribution in [3.63, 3.8) is 0 Å². The predicted molar refractivity (Wildman–Crippen MR) is 84.8 cm³/mol. The largest absolute Gasteiger partial charge is 0.317 e. The lowest BCUT2D eigenvalue weighted by Gasteiger charge is -2.35. The van der Waals surface area contributed by atoms with E-state index < -0.39 is 0 Å². The molecule has 0 aromatic carbocycles. The van der Waals surface area contributed by atoms with Crippen molar-refractivity contribution in [3.8, 4) is 0 Å². The summed E-state index contributed by atoms with van der Waals surface area (Å²) in [6.07, 6.45) is 6.49. The SMILES string of the molecule is CCCNCCCC(C)N1CCCN(C)CC1CC. The molecule has 0 amide bonds. The first-order valence-electron chi connectivity index (χ1n) is 8.34. The smallest absolute Gasteiger partial charge is 0.0223 e. The van der Waals surface area contributed by atoms with Crippen LogP contribution in [-0.2, 0) is 0 Å². The highest BCUT2D eigenvalue weighted by Crippen LogP contribution is 2.17. The third-order valence-corrected chi connectivity index (χ3v) is 4.39. The summed E-state index contributed by atoms with van der Waals surface area (Å²) in [7, 11) is 2.27. The van der Waals surface area contributed by atoms with Gasteiger partial charge in [-0.2, -0.15) is 0 Å². The summed E-state index contributed by atoms with van der Waals surface area (Å²) in [5.41, 5.74) is 0. The van der Waals surface area contributed by atoms with E-state index in [2.05, 4.69) is 42.9 Å². The van der Waals surface area contributed by atoms with Gasteiger partial charge in [0, 0.05) is 18.6 Å². The lowest BCUT2D eigenvalue weighted by atomic mass is 10.1. The van der Waals surface area contributed by atoms with E-state index in [1.807, 2.05) is 0 Å². The number of rotatable bonds is 8. The molecule has 0 aromatic rings. The van der Waals surface area contributed by atoms with Gasteiger partial charge in [-0.15, -0.1) is 0 Å². The van der Waals surface area contributed by atoms with Crippen LogP contribution in [0.5, 0.6) is 0 Å². The number of likely N-dealkylation sites (N-methyl/N-ethyl adjacent to an activating group) is 1. The van der Waals surface area contributed by atoms with Crippen molar-refractivity contribution in [3.05, 3.63) is 0 Å². The van der Waals surface area contributed by atoms with Gasteiger partial charge in [-0.05, 0) is 72.3 Å². The second kappa shape index (κ2) is 9.73. The Balaban J connectivity index is 2.33. The molecule has 3 heteroatoms. The molecule has 114 valence electrons. The monoisotopic (exact) mass is 269 g/mol. The number of nitrogens with one attached hydrogen (secondary N) is 1. The molecule has 1 N–H and O–H groups in total. The predicted octanol–water partition coefficient (Wildman–Crippen LogP) is 2.57. The van der Waals surface area contributed by atoms with Crippen molar-refractivity contribution in [1.82, 2.24) is 15.1 Å². The first-order chi connectivity index (χ1) is 9.19. The summed E-state index contributed by atoms with van der Waals surface area (Å²) >= 11 is 0. The number of hydrogen-bond acceptors (Lipinski definition) is 3. The highest BCUT2D eigenvalue weighted by atomic mass is 15.2. The number of nitrogens with zero attached hydrogens (tertiary/aromatic N) is 2. The molecule has 1 fully saturated rings. The van der Waals surface area contributed by atoms with Gasteiger partial charge in [0.25, 0.3) is 0 Å². The summed E-state index contributed by atoms with van der Waals surface area (Å²) in [4.78, 5) is 5.27. The van der Waals surface area contributed by atoms with Crippen molar-refractivity contribution in [2.45, 2.75) is 65.0 Å². The average molecular weight is 269 g/mol. The molecule has 19 heavy (non-hydrogen) atoms. The second-order valence-corrected chi connectivity index (χ2v) is 6.16. The number of hydrogen-bond donors (Lipinski definition) is 1. The van der Waals surface area contributed by atoms with E-state index in [-0.39, 0.29) is 0 Å².